The number of unbranched alkanes of at least 4 members (excludes halogenated alkanes) is 21. The second kappa shape index (κ2) is 48.2. The highest BCUT2D eigenvalue weighted by molar-refractivity contribution is 5.70. The van der Waals surface area contributed by atoms with E-state index in [1.807, 2.05) is 21.1 Å². The van der Waals surface area contributed by atoms with Gasteiger partial charge in [0.2, 0.25) is 0 Å². The Kier molecular flexibility index (Phi) is 45.8. The first-order valence-corrected chi connectivity index (χ1v) is 26.6. The van der Waals surface area contributed by atoms with Gasteiger partial charge in [-0.2, -0.15) is 0 Å². The Bertz CT molecular complexity index is 1310. The summed E-state index contributed by atoms with van der Waals surface area (Å²) in [5.74, 6) is -2.31. The minimum Gasteiger partial charge on any atom is -0.545 e. The lowest BCUT2D eigenvalue weighted by Crippen LogP contribution is -2.44. The molecule has 2 unspecified atom stereocenters. The largest absolute Gasteiger partial charge is 0.545 e. The lowest BCUT2D eigenvalue weighted by molar-refractivity contribution is -0.870. The van der Waals surface area contributed by atoms with Crippen molar-refractivity contribution in [3.8, 4) is 0 Å². The van der Waals surface area contributed by atoms with Crippen LogP contribution in [-0.2, 0) is 33.3 Å². The van der Waals surface area contributed by atoms with Crippen LogP contribution in [0.2, 0.25) is 0 Å². The summed E-state index contributed by atoms with van der Waals surface area (Å²) < 4.78 is 22.6. The number of nitrogens with zero attached hydrogens (tertiary/aromatic N) is 1. The molecule has 0 saturated carbocycles. The quantitative estimate of drug-likeness (QED) is 0.0195. The number of carbonyl (C=O) groups is 3. The lowest BCUT2D eigenvalue weighted by Gasteiger charge is -2.26. The fourth-order valence-corrected chi connectivity index (χ4v) is 7.09. The van der Waals surface area contributed by atoms with Crippen molar-refractivity contribution >= 4 is 17.9 Å². The summed E-state index contributed by atoms with van der Waals surface area (Å²) in [5.41, 5.74) is 0. The number of carboxylic acid groups (broad SMARTS) is 1. The highest BCUT2D eigenvalue weighted by atomic mass is 16.7. The zero-order chi connectivity index (χ0) is 48.4. The monoisotopic (exact) mass is 926 g/mol. The summed E-state index contributed by atoms with van der Waals surface area (Å²) in [6, 6.07) is 0. The van der Waals surface area contributed by atoms with Crippen molar-refractivity contribution in [2.45, 2.75) is 225 Å². The van der Waals surface area contributed by atoms with Gasteiger partial charge >= 0.3 is 11.9 Å². The van der Waals surface area contributed by atoms with Gasteiger partial charge in [-0.3, -0.25) is 9.59 Å². The van der Waals surface area contributed by atoms with Crippen molar-refractivity contribution in [2.75, 3.05) is 47.5 Å². The maximum Gasteiger partial charge on any atom is 0.306 e. The third-order valence-corrected chi connectivity index (χ3v) is 11.2. The number of esters is 2. The Morgan fingerprint density at radius 2 is 0.864 bits per heavy atom. The van der Waals surface area contributed by atoms with Crippen LogP contribution in [0.3, 0.4) is 0 Å². The number of aliphatic carboxylic acids is 1. The van der Waals surface area contributed by atoms with Crippen LogP contribution < -0.4 is 5.11 Å². The molecule has 0 fully saturated rings. The highest BCUT2D eigenvalue weighted by Gasteiger charge is 2.22. The molecule has 0 aromatic carbocycles. The van der Waals surface area contributed by atoms with Crippen LogP contribution >= 0.6 is 0 Å². The van der Waals surface area contributed by atoms with E-state index in [4.69, 9.17) is 18.9 Å². The molecule has 9 heteroatoms. The smallest absolute Gasteiger partial charge is 0.306 e. The summed E-state index contributed by atoms with van der Waals surface area (Å²) in [6.45, 7) is 4.61. The molecule has 380 valence electrons. The first kappa shape index (κ1) is 62.7. The Hall–Kier alpha value is -3.27. The lowest BCUT2D eigenvalue weighted by atomic mass is 10.1. The van der Waals surface area contributed by atoms with Gasteiger partial charge < -0.3 is 33.3 Å². The molecule has 0 aliphatic rings. The van der Waals surface area contributed by atoms with E-state index < -0.39 is 24.3 Å². The molecule has 0 aliphatic heterocycles. The SMILES string of the molecule is CC/C=C\C/C=C\C/C=C\C/C=C\C/C=C\CCCCCCCCCCCC(=O)OC(COC(=O)CCCCCCC/C=C\CCCCCCCCC)COC(OCC[N+](C)(C)C)C(=O)[O-]. The summed E-state index contributed by atoms with van der Waals surface area (Å²) in [4.78, 5) is 37.2. The van der Waals surface area contributed by atoms with Crippen molar-refractivity contribution in [3.05, 3.63) is 72.9 Å². The normalized spacial score (nSPS) is 13.4. The van der Waals surface area contributed by atoms with E-state index in [0.29, 0.717) is 17.4 Å². The van der Waals surface area contributed by atoms with Crippen LogP contribution in [0.1, 0.15) is 213 Å². The van der Waals surface area contributed by atoms with Crippen LogP contribution in [-0.4, -0.2) is 82.3 Å². The number of carboxylic acids is 1. The van der Waals surface area contributed by atoms with Gasteiger partial charge in [0.25, 0.3) is 0 Å². The third kappa shape index (κ3) is 48.7. The van der Waals surface area contributed by atoms with Crippen molar-refractivity contribution in [1.82, 2.24) is 0 Å². The second-order valence-corrected chi connectivity index (χ2v) is 18.8. The van der Waals surface area contributed by atoms with Crippen molar-refractivity contribution in [2.24, 2.45) is 0 Å². The van der Waals surface area contributed by atoms with Gasteiger partial charge in [0.15, 0.2) is 12.4 Å². The number of carbonyl (C=O) groups excluding carboxylic acids is 3. The molecule has 2 atom stereocenters. The summed E-state index contributed by atoms with van der Waals surface area (Å²) in [7, 11) is 5.91. The molecular formula is C57H99NO8. The molecule has 0 spiro atoms. The molecule has 0 radical (unpaired) electrons. The fourth-order valence-electron chi connectivity index (χ4n) is 7.09. The van der Waals surface area contributed by atoms with Crippen molar-refractivity contribution in [3.63, 3.8) is 0 Å². The van der Waals surface area contributed by atoms with Crippen LogP contribution in [0.4, 0.5) is 0 Å². The number of hydrogen-bond donors (Lipinski definition) is 0. The van der Waals surface area contributed by atoms with Gasteiger partial charge in [0.1, 0.15) is 13.2 Å². The summed E-state index contributed by atoms with van der Waals surface area (Å²) in [5, 5.41) is 11.7. The highest BCUT2D eigenvalue weighted by Crippen LogP contribution is 2.14. The predicted molar refractivity (Wildman–Crippen MR) is 274 cm³/mol. The molecule has 0 amide bonds. The average Bonchev–Trinajstić information content (AvgIpc) is 3.28. The Labute approximate surface area is 405 Å². The number of likely N-dealkylation sites (N-methyl/N-ethyl adjacent to an activating group) is 1. The molecular weight excluding hydrogens is 827 g/mol. The van der Waals surface area contributed by atoms with E-state index in [1.165, 1.54) is 83.5 Å². The third-order valence-electron chi connectivity index (χ3n) is 11.2. The maximum atomic E-state index is 12.8. The van der Waals surface area contributed by atoms with E-state index >= 15 is 0 Å². The van der Waals surface area contributed by atoms with Gasteiger partial charge in [-0.1, -0.05) is 189 Å². The van der Waals surface area contributed by atoms with Crippen LogP contribution in [0.25, 0.3) is 0 Å². The standard InChI is InChI=1S/C57H99NO8/c1-6-8-10-12-14-16-18-20-22-24-25-26-27-28-29-30-31-32-34-36-38-40-42-44-46-48-55(60)66-53(52-65-57(56(61)62)63-50-49-58(3,4)5)51-64-54(59)47-45-43-41-39-37-35-33-23-21-19-17-15-13-11-9-7-2/h8,10,14,16,20,22-23,25-26,28-29,33,53,57H,6-7,9,11-13,15,17-19,21,24,27,30-32,34-52H2,1-5H3/b10-8-,16-14-,22-20-,26-25-,29-28-,33-23-. The second-order valence-electron chi connectivity index (χ2n) is 18.8. The first-order valence-electron chi connectivity index (χ1n) is 26.6. The Morgan fingerprint density at radius 1 is 0.470 bits per heavy atom. The number of quaternary nitrogens is 1. The molecule has 0 aliphatic carbocycles. The Morgan fingerprint density at radius 3 is 1.30 bits per heavy atom. The number of ether oxygens (including phenoxy) is 4. The predicted octanol–water partition coefficient (Wildman–Crippen LogP) is 13.7. The minimum absolute atomic E-state index is 0.142. The molecule has 0 saturated heterocycles. The van der Waals surface area contributed by atoms with Gasteiger partial charge in [-0.15, -0.1) is 0 Å². The van der Waals surface area contributed by atoms with Crippen LogP contribution in [0, 0.1) is 0 Å². The first-order chi connectivity index (χ1) is 32.1. The number of hydrogen-bond acceptors (Lipinski definition) is 8. The number of rotatable bonds is 48. The zero-order valence-corrected chi connectivity index (χ0v) is 43.0. The average molecular weight is 926 g/mol. The molecule has 0 bridgehead atoms. The Balaban J connectivity index is 4.33. The van der Waals surface area contributed by atoms with Crippen LogP contribution in [0.5, 0.6) is 0 Å². The maximum absolute atomic E-state index is 12.8. The molecule has 0 heterocycles. The molecule has 9 nitrogen and oxygen atoms in total. The van der Waals surface area contributed by atoms with Crippen molar-refractivity contribution < 1.29 is 42.9 Å². The van der Waals surface area contributed by atoms with E-state index in [-0.39, 0.29) is 38.6 Å². The van der Waals surface area contributed by atoms with Gasteiger partial charge in [-0.05, 0) is 83.5 Å². The van der Waals surface area contributed by atoms with Gasteiger partial charge in [-0.25, -0.2) is 0 Å². The van der Waals surface area contributed by atoms with Crippen LogP contribution in [0.15, 0.2) is 72.9 Å². The molecule has 0 aromatic heterocycles. The molecule has 0 aromatic rings. The van der Waals surface area contributed by atoms with E-state index in [2.05, 4.69) is 86.8 Å². The molecule has 66 heavy (non-hydrogen) atoms. The van der Waals surface area contributed by atoms with Crippen molar-refractivity contribution in [1.29, 1.82) is 0 Å². The number of allylic oxidation sites excluding steroid dienone is 12. The topological polar surface area (TPSA) is 111 Å². The van der Waals surface area contributed by atoms with Gasteiger partial charge in [0, 0.05) is 12.8 Å². The zero-order valence-electron chi connectivity index (χ0n) is 43.0. The molecule has 0 N–H and O–H groups in total. The van der Waals surface area contributed by atoms with E-state index in [0.717, 1.165) is 96.3 Å². The minimum atomic E-state index is -1.63. The van der Waals surface area contributed by atoms with E-state index in [9.17, 15) is 19.5 Å². The fraction of sp³-hybridized carbons (Fsp3) is 0.737. The van der Waals surface area contributed by atoms with Gasteiger partial charge in [0.05, 0.1) is 40.3 Å². The summed E-state index contributed by atoms with van der Waals surface area (Å²) in [6.07, 6.45) is 57.9. The molecule has 0 rings (SSSR count). The summed E-state index contributed by atoms with van der Waals surface area (Å²) >= 11 is 0. The van der Waals surface area contributed by atoms with E-state index in [1.54, 1.807) is 0 Å².